The normalized spacial score (nSPS) is 16.3. The van der Waals surface area contributed by atoms with Gasteiger partial charge in [-0.1, -0.05) is 0 Å². The summed E-state index contributed by atoms with van der Waals surface area (Å²) in [5.41, 5.74) is -0.0631. The summed E-state index contributed by atoms with van der Waals surface area (Å²) in [5, 5.41) is 6.92. The molecule has 1 atom stereocenters. The molecule has 0 aliphatic carbocycles. The van der Waals surface area contributed by atoms with Crippen molar-refractivity contribution in [3.05, 3.63) is 46.2 Å². The molecule has 2 heterocycles. The number of benzene rings is 1. The van der Waals surface area contributed by atoms with E-state index in [9.17, 15) is 9.59 Å². The van der Waals surface area contributed by atoms with Gasteiger partial charge in [-0.3, -0.25) is 9.59 Å². The number of carbonyl (C=O) groups is 1. The highest BCUT2D eigenvalue weighted by molar-refractivity contribution is 5.92. The molecule has 138 valence electrons. The first-order valence-electron chi connectivity index (χ1n) is 8.35. The van der Waals surface area contributed by atoms with Crippen LogP contribution in [0.2, 0.25) is 0 Å². The highest BCUT2D eigenvalue weighted by Crippen LogP contribution is 2.18. The largest absolute Gasteiger partial charge is 0.497 e. The molecule has 0 bridgehead atoms. The molecule has 1 aromatic heterocycles. The minimum atomic E-state index is -0.532. The zero-order valence-corrected chi connectivity index (χ0v) is 14.7. The number of carbonyl (C=O) groups excluding carboxylic acids is 1. The Balaban J connectivity index is 1.87. The third-order valence-electron chi connectivity index (χ3n) is 4.15. The first kappa shape index (κ1) is 17.9. The predicted octanol–water partition coefficient (Wildman–Crippen LogP) is 1.16. The quantitative estimate of drug-likeness (QED) is 0.832. The fourth-order valence-electron chi connectivity index (χ4n) is 2.75. The zero-order valence-electron chi connectivity index (χ0n) is 14.7. The average Bonchev–Trinajstić information content (AvgIpc) is 3.19. The van der Waals surface area contributed by atoms with Crippen LogP contribution in [0.4, 0.5) is 0 Å². The van der Waals surface area contributed by atoms with Crippen LogP contribution >= 0.6 is 0 Å². The number of nitrogens with zero attached hydrogens (tertiary/aromatic N) is 2. The fraction of sp³-hybridized carbons (Fsp3) is 0.389. The van der Waals surface area contributed by atoms with E-state index in [0.29, 0.717) is 24.6 Å². The number of amides is 1. The van der Waals surface area contributed by atoms with Crippen LogP contribution in [0, 0.1) is 0 Å². The molecule has 1 saturated heterocycles. The molecule has 0 unspecified atom stereocenters. The first-order valence-corrected chi connectivity index (χ1v) is 8.35. The lowest BCUT2D eigenvalue weighted by Crippen LogP contribution is -2.36. The topological polar surface area (TPSA) is 91.7 Å². The van der Waals surface area contributed by atoms with Gasteiger partial charge in [0.25, 0.3) is 5.91 Å². The Morgan fingerprint density at radius 1 is 1.31 bits per heavy atom. The minimum Gasteiger partial charge on any atom is -0.497 e. The second-order valence-electron chi connectivity index (χ2n) is 5.85. The van der Waals surface area contributed by atoms with Crippen LogP contribution in [0.25, 0.3) is 5.69 Å². The molecule has 1 fully saturated rings. The van der Waals surface area contributed by atoms with Crippen LogP contribution in [0.15, 0.2) is 35.1 Å². The molecule has 1 aliphatic rings. The molecule has 1 aliphatic heterocycles. The molecule has 26 heavy (non-hydrogen) atoms. The van der Waals surface area contributed by atoms with Crippen molar-refractivity contribution in [1.82, 2.24) is 15.1 Å². The molecular formula is C18H21N3O5. The first-order chi connectivity index (χ1) is 12.6. The van der Waals surface area contributed by atoms with Crippen LogP contribution in [0.1, 0.15) is 23.3 Å². The van der Waals surface area contributed by atoms with Crippen molar-refractivity contribution in [1.29, 1.82) is 0 Å². The number of aromatic nitrogens is 2. The van der Waals surface area contributed by atoms with Crippen LogP contribution in [-0.2, 0) is 4.74 Å². The summed E-state index contributed by atoms with van der Waals surface area (Å²) in [4.78, 5) is 24.7. The molecule has 2 aromatic rings. The van der Waals surface area contributed by atoms with E-state index < -0.39 is 11.3 Å². The van der Waals surface area contributed by atoms with E-state index >= 15 is 0 Å². The third-order valence-corrected chi connectivity index (χ3v) is 4.15. The maximum absolute atomic E-state index is 12.4. The Hall–Kier alpha value is -2.87. The summed E-state index contributed by atoms with van der Waals surface area (Å²) >= 11 is 0. The minimum absolute atomic E-state index is 0.0130. The van der Waals surface area contributed by atoms with E-state index in [2.05, 4.69) is 10.4 Å². The van der Waals surface area contributed by atoms with Gasteiger partial charge in [-0.15, -0.1) is 0 Å². The Bertz CT molecular complexity index is 826. The van der Waals surface area contributed by atoms with E-state index in [1.54, 1.807) is 31.4 Å². The van der Waals surface area contributed by atoms with E-state index in [0.717, 1.165) is 12.8 Å². The Kier molecular flexibility index (Phi) is 5.52. The van der Waals surface area contributed by atoms with Crippen LogP contribution in [-0.4, -0.2) is 49.2 Å². The molecule has 1 N–H and O–H groups in total. The van der Waals surface area contributed by atoms with Crippen LogP contribution < -0.4 is 20.2 Å². The summed E-state index contributed by atoms with van der Waals surface area (Å²) in [7, 11) is 3.01. The van der Waals surface area contributed by atoms with Crippen molar-refractivity contribution in [2.45, 2.75) is 18.9 Å². The maximum atomic E-state index is 12.4. The molecule has 0 saturated carbocycles. The van der Waals surface area contributed by atoms with Crippen molar-refractivity contribution in [2.75, 3.05) is 27.4 Å². The number of ether oxygens (including phenoxy) is 3. The number of hydrogen-bond donors (Lipinski definition) is 1. The molecular weight excluding hydrogens is 338 g/mol. The van der Waals surface area contributed by atoms with Gasteiger partial charge in [0, 0.05) is 13.2 Å². The maximum Gasteiger partial charge on any atom is 0.275 e. The molecule has 1 amide bonds. The van der Waals surface area contributed by atoms with Crippen molar-refractivity contribution in [3.8, 4) is 17.3 Å². The molecule has 8 nitrogen and oxygen atoms in total. The Morgan fingerprint density at radius 2 is 2.08 bits per heavy atom. The SMILES string of the molecule is COc1ccc(-n2nc(C(=O)NC[C@@H]3CCCO3)c(=O)cc2OC)cc1. The second-order valence-corrected chi connectivity index (χ2v) is 5.85. The van der Waals surface area contributed by atoms with Gasteiger partial charge in [-0.05, 0) is 37.1 Å². The summed E-state index contributed by atoms with van der Waals surface area (Å²) < 4.78 is 17.2. The van der Waals surface area contributed by atoms with Gasteiger partial charge in [0.1, 0.15) is 5.75 Å². The third kappa shape index (κ3) is 3.85. The van der Waals surface area contributed by atoms with Gasteiger partial charge in [-0.2, -0.15) is 5.10 Å². The van der Waals surface area contributed by atoms with E-state index in [1.165, 1.54) is 17.9 Å². The summed E-state index contributed by atoms with van der Waals surface area (Å²) in [6, 6.07) is 8.27. The van der Waals surface area contributed by atoms with Gasteiger partial charge in [0.2, 0.25) is 11.3 Å². The van der Waals surface area contributed by atoms with E-state index in [4.69, 9.17) is 14.2 Å². The number of nitrogens with one attached hydrogen (secondary N) is 1. The Labute approximate surface area is 150 Å². The highest BCUT2D eigenvalue weighted by Gasteiger charge is 2.20. The van der Waals surface area contributed by atoms with Gasteiger partial charge in [0.05, 0.1) is 32.1 Å². The molecule has 0 radical (unpaired) electrons. The van der Waals surface area contributed by atoms with Crippen molar-refractivity contribution in [3.63, 3.8) is 0 Å². The summed E-state index contributed by atoms with van der Waals surface area (Å²) in [6.45, 7) is 1.06. The zero-order chi connectivity index (χ0) is 18.5. The predicted molar refractivity (Wildman–Crippen MR) is 94.2 cm³/mol. The van der Waals surface area contributed by atoms with Gasteiger partial charge in [0.15, 0.2) is 5.69 Å². The number of methoxy groups -OCH3 is 2. The van der Waals surface area contributed by atoms with E-state index in [1.807, 2.05) is 0 Å². The molecule has 3 rings (SSSR count). The Morgan fingerprint density at radius 3 is 2.69 bits per heavy atom. The molecule has 1 aromatic carbocycles. The van der Waals surface area contributed by atoms with Crippen LogP contribution in [0.3, 0.4) is 0 Å². The number of rotatable bonds is 6. The number of hydrogen-bond acceptors (Lipinski definition) is 6. The van der Waals surface area contributed by atoms with Gasteiger partial charge in [-0.25, -0.2) is 4.68 Å². The average molecular weight is 359 g/mol. The smallest absolute Gasteiger partial charge is 0.275 e. The lowest BCUT2D eigenvalue weighted by Gasteiger charge is -2.14. The van der Waals surface area contributed by atoms with Gasteiger partial charge >= 0.3 is 0 Å². The summed E-state index contributed by atoms with van der Waals surface area (Å²) in [5.74, 6) is 0.384. The van der Waals surface area contributed by atoms with Crippen molar-refractivity contribution < 1.29 is 19.0 Å². The lowest BCUT2D eigenvalue weighted by atomic mass is 10.2. The van der Waals surface area contributed by atoms with Crippen molar-refractivity contribution in [2.24, 2.45) is 0 Å². The molecule has 0 spiro atoms. The molecule has 8 heteroatoms. The second kappa shape index (κ2) is 8.01. The lowest BCUT2D eigenvalue weighted by molar-refractivity contribution is 0.0851. The highest BCUT2D eigenvalue weighted by atomic mass is 16.5. The fourth-order valence-corrected chi connectivity index (χ4v) is 2.75. The van der Waals surface area contributed by atoms with E-state index in [-0.39, 0.29) is 17.7 Å². The summed E-state index contributed by atoms with van der Waals surface area (Å²) in [6.07, 6.45) is 1.86. The van der Waals surface area contributed by atoms with Gasteiger partial charge < -0.3 is 19.5 Å². The monoisotopic (exact) mass is 359 g/mol. The van der Waals surface area contributed by atoms with Crippen molar-refractivity contribution >= 4 is 5.91 Å². The van der Waals surface area contributed by atoms with Crippen LogP contribution in [0.5, 0.6) is 11.6 Å². The standard InChI is InChI=1S/C18H21N3O5/c1-24-13-7-5-12(6-8-13)21-16(25-2)10-15(22)17(20-21)18(23)19-11-14-4-3-9-26-14/h5-8,10,14H,3-4,9,11H2,1-2H3,(H,19,23)/t14-/m0/s1.